The van der Waals surface area contributed by atoms with E-state index in [1.807, 2.05) is 0 Å². The maximum Gasteiger partial charge on any atom is 0.277 e. The van der Waals surface area contributed by atoms with Crippen LogP contribution in [0, 0.1) is 0 Å². The fourth-order valence-electron chi connectivity index (χ4n) is 3.24. The predicted octanol–water partition coefficient (Wildman–Crippen LogP) is 4.29. The van der Waals surface area contributed by atoms with Crippen LogP contribution in [0.2, 0.25) is 0 Å². The van der Waals surface area contributed by atoms with Crippen molar-refractivity contribution in [2.45, 2.75) is 39.0 Å². The van der Waals surface area contributed by atoms with Crippen molar-refractivity contribution >= 4 is 29.1 Å². The second kappa shape index (κ2) is 8.10. The first kappa shape index (κ1) is 18.6. The molecule has 28 heavy (non-hydrogen) atoms. The van der Waals surface area contributed by atoms with E-state index < -0.39 is 0 Å². The molecule has 2 N–H and O–H groups in total. The summed E-state index contributed by atoms with van der Waals surface area (Å²) in [5.74, 6) is 1.19. The van der Waals surface area contributed by atoms with Crippen LogP contribution in [0.1, 0.15) is 55.1 Å². The van der Waals surface area contributed by atoms with Gasteiger partial charge in [-0.3, -0.25) is 10.1 Å². The molecule has 0 spiro atoms. The number of nitrogens with one attached hydrogen (secondary N) is 2. The summed E-state index contributed by atoms with van der Waals surface area (Å²) < 4.78 is 0. The molecule has 4 rings (SSSR count). The molecular formula is C20H24N6OS. The van der Waals surface area contributed by atoms with Gasteiger partial charge in [-0.05, 0) is 30.7 Å². The summed E-state index contributed by atoms with van der Waals surface area (Å²) in [6.45, 7) is 6.24. The SMILES string of the molecule is CC(C)c1ccc(-c2nc(C(=O)Nc3nc(N4CCCCC4)n[nH]3)cs2)cc1. The third-order valence-corrected chi connectivity index (χ3v) is 5.80. The number of aromatic nitrogens is 4. The van der Waals surface area contributed by atoms with Crippen molar-refractivity contribution in [3.63, 3.8) is 0 Å². The molecule has 1 amide bonds. The first-order valence-corrected chi connectivity index (χ1v) is 10.5. The summed E-state index contributed by atoms with van der Waals surface area (Å²) in [6, 6.07) is 8.32. The van der Waals surface area contributed by atoms with Crippen molar-refractivity contribution < 1.29 is 4.79 Å². The van der Waals surface area contributed by atoms with Crippen molar-refractivity contribution in [1.29, 1.82) is 0 Å². The fourth-order valence-corrected chi connectivity index (χ4v) is 4.04. The number of hydrogen-bond donors (Lipinski definition) is 2. The fraction of sp³-hybridized carbons (Fsp3) is 0.400. The van der Waals surface area contributed by atoms with E-state index in [4.69, 9.17) is 0 Å². The van der Waals surface area contributed by atoms with Gasteiger partial charge in [0.15, 0.2) is 0 Å². The minimum absolute atomic E-state index is 0.289. The lowest BCUT2D eigenvalue weighted by molar-refractivity contribution is 0.102. The van der Waals surface area contributed by atoms with Gasteiger partial charge < -0.3 is 4.90 Å². The van der Waals surface area contributed by atoms with Gasteiger partial charge in [-0.15, -0.1) is 16.4 Å². The molecule has 1 fully saturated rings. The normalized spacial score (nSPS) is 14.5. The van der Waals surface area contributed by atoms with Crippen LogP contribution in [0.25, 0.3) is 10.6 Å². The maximum absolute atomic E-state index is 12.5. The van der Waals surface area contributed by atoms with Gasteiger partial charge in [0.1, 0.15) is 10.7 Å². The Bertz CT molecular complexity index is 940. The summed E-state index contributed by atoms with van der Waals surface area (Å²) in [6.07, 6.45) is 3.54. The zero-order valence-corrected chi connectivity index (χ0v) is 16.9. The van der Waals surface area contributed by atoms with Crippen molar-refractivity contribution in [2.75, 3.05) is 23.3 Å². The molecule has 1 saturated heterocycles. The van der Waals surface area contributed by atoms with E-state index >= 15 is 0 Å². The average molecular weight is 397 g/mol. The number of anilines is 2. The summed E-state index contributed by atoms with van der Waals surface area (Å²) in [5.41, 5.74) is 2.68. The molecule has 8 heteroatoms. The number of carbonyl (C=O) groups excluding carboxylic acids is 1. The Hall–Kier alpha value is -2.74. The molecule has 2 aromatic heterocycles. The quantitative estimate of drug-likeness (QED) is 0.672. The van der Waals surface area contributed by atoms with Crippen LogP contribution in [0.15, 0.2) is 29.6 Å². The van der Waals surface area contributed by atoms with Crippen LogP contribution >= 0.6 is 11.3 Å². The number of nitrogens with zero attached hydrogens (tertiary/aromatic N) is 4. The molecule has 1 aliphatic rings. The van der Waals surface area contributed by atoms with Crippen LogP contribution in [0.5, 0.6) is 0 Å². The Morgan fingerprint density at radius 2 is 1.89 bits per heavy atom. The molecule has 3 aromatic rings. The zero-order chi connectivity index (χ0) is 19.5. The van der Waals surface area contributed by atoms with Crippen LogP contribution < -0.4 is 10.2 Å². The molecule has 0 atom stereocenters. The Morgan fingerprint density at radius 1 is 1.14 bits per heavy atom. The smallest absolute Gasteiger partial charge is 0.277 e. The van der Waals surface area contributed by atoms with Crippen LogP contribution in [0.3, 0.4) is 0 Å². The van der Waals surface area contributed by atoms with Crippen LogP contribution in [-0.4, -0.2) is 39.2 Å². The third-order valence-electron chi connectivity index (χ3n) is 4.91. The van der Waals surface area contributed by atoms with Gasteiger partial charge in [0.2, 0.25) is 11.9 Å². The molecule has 7 nitrogen and oxygen atoms in total. The van der Waals surface area contributed by atoms with Gasteiger partial charge in [-0.1, -0.05) is 38.1 Å². The standard InChI is InChI=1S/C20H24N6OS/c1-13(2)14-6-8-15(9-7-14)18-21-16(12-28-18)17(27)22-19-23-20(25-24-19)26-10-4-3-5-11-26/h6-9,12-13H,3-5,10-11H2,1-2H3,(H2,22,23,24,25,27). The number of amides is 1. The molecule has 3 heterocycles. The predicted molar refractivity (Wildman–Crippen MR) is 112 cm³/mol. The Labute approximate surface area is 168 Å². The lowest BCUT2D eigenvalue weighted by Gasteiger charge is -2.24. The summed E-state index contributed by atoms with van der Waals surface area (Å²) in [7, 11) is 0. The highest BCUT2D eigenvalue weighted by Crippen LogP contribution is 2.26. The number of piperidine rings is 1. The summed E-state index contributed by atoms with van der Waals surface area (Å²) in [5, 5.41) is 12.4. The monoisotopic (exact) mass is 396 g/mol. The van der Waals surface area contributed by atoms with Crippen molar-refractivity contribution in [3.05, 3.63) is 40.9 Å². The second-order valence-electron chi connectivity index (χ2n) is 7.30. The Morgan fingerprint density at radius 3 is 2.61 bits per heavy atom. The number of hydrogen-bond acceptors (Lipinski definition) is 6. The Kier molecular flexibility index (Phi) is 5.38. The number of carbonyl (C=O) groups is 1. The van der Waals surface area contributed by atoms with Gasteiger partial charge in [0, 0.05) is 24.0 Å². The molecule has 0 radical (unpaired) electrons. The highest BCUT2D eigenvalue weighted by atomic mass is 32.1. The molecule has 0 unspecified atom stereocenters. The lowest BCUT2D eigenvalue weighted by atomic mass is 10.0. The van der Waals surface area contributed by atoms with Crippen LogP contribution in [-0.2, 0) is 0 Å². The molecule has 0 saturated carbocycles. The Balaban J connectivity index is 1.42. The topological polar surface area (TPSA) is 86.8 Å². The summed E-state index contributed by atoms with van der Waals surface area (Å²) in [4.78, 5) is 23.5. The van der Waals surface area contributed by atoms with E-state index in [2.05, 4.69) is 68.5 Å². The summed E-state index contributed by atoms with van der Waals surface area (Å²) >= 11 is 1.46. The second-order valence-corrected chi connectivity index (χ2v) is 8.16. The van der Waals surface area contributed by atoms with Gasteiger partial charge in [0.05, 0.1) is 0 Å². The first-order valence-electron chi connectivity index (χ1n) is 9.65. The van der Waals surface area contributed by atoms with E-state index in [0.717, 1.165) is 36.5 Å². The average Bonchev–Trinajstić information content (AvgIpc) is 3.39. The molecule has 0 bridgehead atoms. The third kappa shape index (κ3) is 4.06. The van der Waals surface area contributed by atoms with E-state index in [0.29, 0.717) is 23.5 Å². The highest BCUT2D eigenvalue weighted by Gasteiger charge is 2.18. The highest BCUT2D eigenvalue weighted by molar-refractivity contribution is 7.13. The van der Waals surface area contributed by atoms with Gasteiger partial charge in [-0.25, -0.2) is 10.1 Å². The largest absolute Gasteiger partial charge is 0.340 e. The molecule has 1 aromatic carbocycles. The van der Waals surface area contributed by atoms with Crippen molar-refractivity contribution in [3.8, 4) is 10.6 Å². The van der Waals surface area contributed by atoms with Gasteiger partial charge >= 0.3 is 0 Å². The molecule has 1 aliphatic heterocycles. The van der Waals surface area contributed by atoms with E-state index in [1.165, 1.54) is 23.3 Å². The van der Waals surface area contributed by atoms with Crippen LogP contribution in [0.4, 0.5) is 11.9 Å². The maximum atomic E-state index is 12.5. The molecule has 0 aliphatic carbocycles. The minimum atomic E-state index is -0.289. The van der Waals surface area contributed by atoms with Gasteiger partial charge in [0.25, 0.3) is 5.91 Å². The van der Waals surface area contributed by atoms with E-state index in [1.54, 1.807) is 5.38 Å². The van der Waals surface area contributed by atoms with Crippen molar-refractivity contribution in [2.24, 2.45) is 0 Å². The first-order chi connectivity index (χ1) is 13.6. The number of thiazole rings is 1. The number of benzene rings is 1. The molecule has 146 valence electrons. The minimum Gasteiger partial charge on any atom is -0.340 e. The lowest BCUT2D eigenvalue weighted by Crippen LogP contribution is -2.30. The number of aromatic amines is 1. The number of H-pyrrole nitrogens is 1. The van der Waals surface area contributed by atoms with Gasteiger partial charge in [-0.2, -0.15) is 4.98 Å². The van der Waals surface area contributed by atoms with E-state index in [9.17, 15) is 4.79 Å². The number of rotatable bonds is 5. The molecular weight excluding hydrogens is 372 g/mol. The van der Waals surface area contributed by atoms with Crippen molar-refractivity contribution in [1.82, 2.24) is 20.2 Å². The zero-order valence-electron chi connectivity index (χ0n) is 16.1. The van der Waals surface area contributed by atoms with E-state index in [-0.39, 0.29) is 5.91 Å².